The molecule has 0 aliphatic heterocycles. The Morgan fingerprint density at radius 3 is 2.44 bits per heavy atom. The van der Waals surface area contributed by atoms with E-state index in [0.717, 1.165) is 38.3 Å². The van der Waals surface area contributed by atoms with Gasteiger partial charge >= 0.3 is 0 Å². The molecule has 1 atom stereocenters. The van der Waals surface area contributed by atoms with Gasteiger partial charge in [-0.1, -0.05) is 20.8 Å². The Bertz CT molecular complexity index is 181. The van der Waals surface area contributed by atoms with Crippen LogP contribution < -0.4 is 11.1 Å². The Labute approximate surface area is 100 Å². The van der Waals surface area contributed by atoms with E-state index in [2.05, 4.69) is 26.1 Å². The fraction of sp³-hybridized carbons (Fsp3) is 0.923. The Kier molecular flexibility index (Phi) is 9.30. The summed E-state index contributed by atoms with van der Waals surface area (Å²) >= 11 is 0. The summed E-state index contributed by atoms with van der Waals surface area (Å²) in [7, 11) is 0. The van der Waals surface area contributed by atoms with Crippen molar-refractivity contribution < 1.29 is 4.79 Å². The van der Waals surface area contributed by atoms with Gasteiger partial charge in [0.1, 0.15) is 0 Å². The maximum absolute atomic E-state index is 11.5. The fourth-order valence-corrected chi connectivity index (χ4v) is 1.63. The highest BCUT2D eigenvalue weighted by molar-refractivity contribution is 5.75. The van der Waals surface area contributed by atoms with Gasteiger partial charge in [-0.25, -0.2) is 0 Å². The first-order valence-corrected chi connectivity index (χ1v) is 6.53. The summed E-state index contributed by atoms with van der Waals surface area (Å²) < 4.78 is 0. The van der Waals surface area contributed by atoms with E-state index in [0.29, 0.717) is 12.3 Å². The van der Waals surface area contributed by atoms with E-state index in [1.54, 1.807) is 0 Å². The van der Waals surface area contributed by atoms with Crippen molar-refractivity contribution in [1.29, 1.82) is 0 Å². The van der Waals surface area contributed by atoms with E-state index in [4.69, 9.17) is 5.73 Å². The van der Waals surface area contributed by atoms with Crippen molar-refractivity contribution in [2.75, 3.05) is 13.1 Å². The number of rotatable bonds is 9. The second-order valence-electron chi connectivity index (χ2n) is 5.11. The van der Waals surface area contributed by atoms with E-state index in [1.807, 2.05) is 0 Å². The largest absolute Gasteiger partial charge is 0.356 e. The minimum atomic E-state index is 0.188. The Balaban J connectivity index is 3.37. The normalized spacial score (nSPS) is 12.8. The topological polar surface area (TPSA) is 55.1 Å². The first-order valence-electron chi connectivity index (χ1n) is 6.53. The average Bonchev–Trinajstić information content (AvgIpc) is 2.22. The van der Waals surface area contributed by atoms with Gasteiger partial charge in [0, 0.05) is 13.0 Å². The third-order valence-corrected chi connectivity index (χ3v) is 2.80. The Morgan fingerprint density at radius 1 is 1.19 bits per heavy atom. The molecule has 0 radical (unpaired) electrons. The quantitative estimate of drug-likeness (QED) is 0.595. The molecule has 0 aliphatic carbocycles. The number of hydrogen-bond donors (Lipinski definition) is 2. The maximum Gasteiger partial charge on any atom is 0.220 e. The summed E-state index contributed by atoms with van der Waals surface area (Å²) in [6.45, 7) is 8.10. The van der Waals surface area contributed by atoms with Gasteiger partial charge in [-0.05, 0) is 44.1 Å². The molecule has 16 heavy (non-hydrogen) atoms. The zero-order chi connectivity index (χ0) is 12.4. The summed E-state index contributed by atoms with van der Waals surface area (Å²) in [6, 6.07) is 0. The minimum Gasteiger partial charge on any atom is -0.356 e. The minimum absolute atomic E-state index is 0.188. The van der Waals surface area contributed by atoms with Crippen molar-refractivity contribution in [3.05, 3.63) is 0 Å². The van der Waals surface area contributed by atoms with Gasteiger partial charge in [0.15, 0.2) is 0 Å². The lowest BCUT2D eigenvalue weighted by Gasteiger charge is -2.10. The van der Waals surface area contributed by atoms with Gasteiger partial charge in [0.2, 0.25) is 5.91 Å². The van der Waals surface area contributed by atoms with Crippen LogP contribution >= 0.6 is 0 Å². The molecule has 0 aromatic carbocycles. The predicted octanol–water partition coefficient (Wildman–Crippen LogP) is 2.30. The molecule has 0 aromatic rings. The third kappa shape index (κ3) is 9.97. The number of hydrogen-bond acceptors (Lipinski definition) is 2. The van der Waals surface area contributed by atoms with Crippen LogP contribution in [0, 0.1) is 11.8 Å². The Hall–Kier alpha value is -0.570. The molecule has 0 saturated heterocycles. The van der Waals surface area contributed by atoms with Gasteiger partial charge in [0.25, 0.3) is 0 Å². The molecular weight excluding hydrogens is 200 g/mol. The van der Waals surface area contributed by atoms with Crippen molar-refractivity contribution >= 4 is 5.91 Å². The molecule has 96 valence electrons. The van der Waals surface area contributed by atoms with Gasteiger partial charge < -0.3 is 11.1 Å². The monoisotopic (exact) mass is 228 g/mol. The van der Waals surface area contributed by atoms with E-state index in [-0.39, 0.29) is 5.91 Å². The Morgan fingerprint density at radius 2 is 1.88 bits per heavy atom. The highest BCUT2D eigenvalue weighted by atomic mass is 16.1. The standard InChI is InChI=1S/C13H28N2O/c1-11(2)5-4-10-15-13(16)7-6-12(3)8-9-14/h11-12H,4-10,14H2,1-3H3,(H,15,16). The van der Waals surface area contributed by atoms with E-state index >= 15 is 0 Å². The zero-order valence-electron chi connectivity index (χ0n) is 11.1. The smallest absolute Gasteiger partial charge is 0.220 e. The molecule has 0 aliphatic rings. The van der Waals surface area contributed by atoms with Crippen molar-refractivity contribution in [3.63, 3.8) is 0 Å². The maximum atomic E-state index is 11.5. The van der Waals surface area contributed by atoms with Crippen LogP contribution in [-0.4, -0.2) is 19.0 Å². The molecular formula is C13H28N2O. The van der Waals surface area contributed by atoms with E-state index < -0.39 is 0 Å². The van der Waals surface area contributed by atoms with Gasteiger partial charge in [-0.3, -0.25) is 4.79 Å². The van der Waals surface area contributed by atoms with E-state index in [1.165, 1.54) is 6.42 Å². The third-order valence-electron chi connectivity index (χ3n) is 2.80. The lowest BCUT2D eigenvalue weighted by molar-refractivity contribution is -0.121. The highest BCUT2D eigenvalue weighted by Gasteiger charge is 2.05. The SMILES string of the molecule is CC(C)CCCNC(=O)CCC(C)CCN. The molecule has 0 spiro atoms. The van der Waals surface area contributed by atoms with Crippen LogP contribution in [0.5, 0.6) is 0 Å². The molecule has 0 bridgehead atoms. The predicted molar refractivity (Wildman–Crippen MR) is 69.2 cm³/mol. The van der Waals surface area contributed by atoms with Crippen LogP contribution in [0.25, 0.3) is 0 Å². The first kappa shape index (κ1) is 15.4. The highest BCUT2D eigenvalue weighted by Crippen LogP contribution is 2.08. The van der Waals surface area contributed by atoms with Gasteiger partial charge in [0.05, 0.1) is 0 Å². The molecule has 0 aromatic heterocycles. The molecule has 3 N–H and O–H groups in total. The van der Waals surface area contributed by atoms with Crippen LogP contribution in [0.3, 0.4) is 0 Å². The average molecular weight is 228 g/mol. The number of carbonyl (C=O) groups excluding carboxylic acids is 1. The molecule has 0 heterocycles. The number of nitrogens with one attached hydrogen (secondary N) is 1. The lowest BCUT2D eigenvalue weighted by Crippen LogP contribution is -2.25. The van der Waals surface area contributed by atoms with E-state index in [9.17, 15) is 4.79 Å². The van der Waals surface area contributed by atoms with Crippen LogP contribution in [-0.2, 0) is 4.79 Å². The van der Waals surface area contributed by atoms with Gasteiger partial charge in [-0.15, -0.1) is 0 Å². The fourth-order valence-electron chi connectivity index (χ4n) is 1.63. The molecule has 1 unspecified atom stereocenters. The van der Waals surface area contributed by atoms with Crippen molar-refractivity contribution in [1.82, 2.24) is 5.32 Å². The molecule has 0 rings (SSSR count). The van der Waals surface area contributed by atoms with Crippen LogP contribution in [0.2, 0.25) is 0 Å². The summed E-state index contributed by atoms with van der Waals surface area (Å²) in [5, 5.41) is 2.97. The van der Waals surface area contributed by atoms with Crippen molar-refractivity contribution in [2.24, 2.45) is 17.6 Å². The zero-order valence-corrected chi connectivity index (χ0v) is 11.1. The number of carbonyl (C=O) groups is 1. The van der Waals surface area contributed by atoms with Crippen LogP contribution in [0.4, 0.5) is 0 Å². The second-order valence-corrected chi connectivity index (χ2v) is 5.11. The van der Waals surface area contributed by atoms with Crippen molar-refractivity contribution in [2.45, 2.75) is 52.9 Å². The molecule has 1 amide bonds. The molecule has 0 fully saturated rings. The molecule has 3 heteroatoms. The lowest BCUT2D eigenvalue weighted by atomic mass is 10.0. The number of amides is 1. The summed E-state index contributed by atoms with van der Waals surface area (Å²) in [6.07, 6.45) is 4.88. The summed E-state index contributed by atoms with van der Waals surface area (Å²) in [4.78, 5) is 11.5. The summed E-state index contributed by atoms with van der Waals surface area (Å²) in [5.41, 5.74) is 5.46. The molecule has 0 saturated carbocycles. The van der Waals surface area contributed by atoms with Crippen LogP contribution in [0.1, 0.15) is 52.9 Å². The van der Waals surface area contributed by atoms with Crippen LogP contribution in [0.15, 0.2) is 0 Å². The van der Waals surface area contributed by atoms with Crippen molar-refractivity contribution in [3.8, 4) is 0 Å². The first-order chi connectivity index (χ1) is 7.56. The second kappa shape index (κ2) is 9.64. The van der Waals surface area contributed by atoms with Gasteiger partial charge in [-0.2, -0.15) is 0 Å². The number of nitrogens with two attached hydrogens (primary N) is 1. The summed E-state index contributed by atoms with van der Waals surface area (Å²) in [5.74, 6) is 1.47. The molecule has 3 nitrogen and oxygen atoms in total.